The molecule has 0 radical (unpaired) electrons. The molecule has 0 bridgehead atoms. The zero-order valence-electron chi connectivity index (χ0n) is 19.0. The van der Waals surface area contributed by atoms with E-state index in [4.69, 9.17) is 22.1 Å². The average molecular weight is 481 g/mol. The monoisotopic (exact) mass is 480 g/mol. The smallest absolute Gasteiger partial charge is 0.278 e. The number of anilines is 1. The van der Waals surface area contributed by atoms with Gasteiger partial charge in [-0.15, -0.1) is 0 Å². The maximum absolute atomic E-state index is 13.5. The van der Waals surface area contributed by atoms with Gasteiger partial charge in [0.25, 0.3) is 5.56 Å². The molecule has 4 rings (SSSR count). The Bertz CT molecular complexity index is 1380. The van der Waals surface area contributed by atoms with Crippen LogP contribution in [0.3, 0.4) is 0 Å². The number of hydrogen-bond acceptors (Lipinski definition) is 7. The molecule has 3 aromatic rings. The molecule has 2 N–H and O–H groups in total. The number of nitriles is 1. The SMILES string of the molecule is COc1cccc(C(=O)Cn2cnc3c(C#N)c(N4CCC[C@H](N)C4)n(/C=C(/C)Cl)c3c2=O)c1. The second-order valence-electron chi connectivity index (χ2n) is 8.27. The number of carbonyl (C=O) groups is 1. The number of piperidine rings is 1. The molecule has 9 nitrogen and oxygen atoms in total. The van der Waals surface area contributed by atoms with Crippen molar-refractivity contribution < 1.29 is 9.53 Å². The van der Waals surface area contributed by atoms with Crippen molar-refractivity contribution in [2.45, 2.75) is 32.4 Å². The minimum atomic E-state index is -0.445. The molecule has 34 heavy (non-hydrogen) atoms. The summed E-state index contributed by atoms with van der Waals surface area (Å²) in [5.41, 5.74) is 6.88. The number of carbonyl (C=O) groups excluding carboxylic acids is 1. The van der Waals surface area contributed by atoms with Gasteiger partial charge in [-0.2, -0.15) is 5.26 Å². The van der Waals surface area contributed by atoms with Gasteiger partial charge in [0.05, 0.1) is 20.0 Å². The highest BCUT2D eigenvalue weighted by Gasteiger charge is 2.28. The number of benzene rings is 1. The fraction of sp³-hybridized carbons (Fsp3) is 0.333. The number of Topliss-reactive ketones (excluding diaryl/α,β-unsaturated/α-hetero) is 1. The van der Waals surface area contributed by atoms with E-state index in [1.807, 2.05) is 4.90 Å². The van der Waals surface area contributed by atoms with Crippen LogP contribution in [0.5, 0.6) is 5.75 Å². The fourth-order valence-electron chi connectivity index (χ4n) is 4.29. The van der Waals surface area contributed by atoms with Crippen LogP contribution < -0.4 is 20.9 Å². The summed E-state index contributed by atoms with van der Waals surface area (Å²) in [6, 6.07) is 8.89. The molecule has 1 aliphatic heterocycles. The van der Waals surface area contributed by atoms with Gasteiger partial charge in [-0.3, -0.25) is 18.7 Å². The predicted octanol–water partition coefficient (Wildman–Crippen LogP) is 2.95. The van der Waals surface area contributed by atoms with Crippen LogP contribution in [0.25, 0.3) is 17.2 Å². The van der Waals surface area contributed by atoms with Crippen LogP contribution >= 0.6 is 11.6 Å². The van der Waals surface area contributed by atoms with E-state index in [0.717, 1.165) is 12.8 Å². The van der Waals surface area contributed by atoms with Crippen molar-refractivity contribution in [3.8, 4) is 11.8 Å². The lowest BCUT2D eigenvalue weighted by Crippen LogP contribution is -2.43. The normalized spacial score (nSPS) is 16.5. The van der Waals surface area contributed by atoms with Crippen molar-refractivity contribution in [2.75, 3.05) is 25.1 Å². The Hall–Kier alpha value is -3.61. The minimum absolute atomic E-state index is 0.0436. The molecule has 1 saturated heterocycles. The van der Waals surface area contributed by atoms with Gasteiger partial charge in [-0.1, -0.05) is 23.7 Å². The lowest BCUT2D eigenvalue weighted by atomic mass is 10.1. The van der Waals surface area contributed by atoms with Gasteiger partial charge in [-0.25, -0.2) is 4.98 Å². The first kappa shape index (κ1) is 23.5. The Kier molecular flexibility index (Phi) is 6.72. The van der Waals surface area contributed by atoms with E-state index in [2.05, 4.69) is 11.1 Å². The van der Waals surface area contributed by atoms with Crippen molar-refractivity contribution in [1.82, 2.24) is 14.1 Å². The number of halogens is 1. The second kappa shape index (κ2) is 9.71. The van der Waals surface area contributed by atoms with Gasteiger partial charge in [0.2, 0.25) is 0 Å². The number of nitrogens with zero attached hydrogens (tertiary/aromatic N) is 5. The predicted molar refractivity (Wildman–Crippen MR) is 131 cm³/mol. The number of ether oxygens (including phenoxy) is 1. The van der Waals surface area contributed by atoms with E-state index in [1.54, 1.807) is 42.0 Å². The number of aromatic nitrogens is 3. The lowest BCUT2D eigenvalue weighted by Gasteiger charge is -2.33. The Balaban J connectivity index is 1.85. The summed E-state index contributed by atoms with van der Waals surface area (Å²) in [7, 11) is 1.52. The van der Waals surface area contributed by atoms with Crippen molar-refractivity contribution in [2.24, 2.45) is 5.73 Å². The molecule has 10 heteroatoms. The summed E-state index contributed by atoms with van der Waals surface area (Å²) in [4.78, 5) is 32.8. The number of ketones is 1. The summed E-state index contributed by atoms with van der Waals surface area (Å²) in [6.07, 6.45) is 4.65. The van der Waals surface area contributed by atoms with Gasteiger partial charge >= 0.3 is 0 Å². The van der Waals surface area contributed by atoms with Crippen LogP contribution in [0, 0.1) is 11.3 Å². The fourth-order valence-corrected chi connectivity index (χ4v) is 4.38. The van der Waals surface area contributed by atoms with E-state index in [1.165, 1.54) is 18.0 Å². The van der Waals surface area contributed by atoms with Crippen molar-refractivity contribution in [3.63, 3.8) is 0 Å². The van der Waals surface area contributed by atoms with Crippen LogP contribution in [0.2, 0.25) is 0 Å². The lowest BCUT2D eigenvalue weighted by molar-refractivity contribution is 0.0970. The summed E-state index contributed by atoms with van der Waals surface area (Å²) in [5, 5.41) is 10.4. The van der Waals surface area contributed by atoms with Gasteiger partial charge in [0.1, 0.15) is 34.2 Å². The first-order valence-corrected chi connectivity index (χ1v) is 11.3. The zero-order chi connectivity index (χ0) is 24.4. The van der Waals surface area contributed by atoms with Gasteiger partial charge in [0, 0.05) is 35.9 Å². The first-order chi connectivity index (χ1) is 16.3. The number of nitrogens with two attached hydrogens (primary N) is 1. The Morgan fingerprint density at radius 2 is 2.24 bits per heavy atom. The molecular formula is C24H25ClN6O3. The molecule has 0 amide bonds. The number of hydrogen-bond donors (Lipinski definition) is 1. The highest BCUT2D eigenvalue weighted by atomic mass is 35.5. The third-order valence-corrected chi connectivity index (χ3v) is 5.92. The standard InChI is InChI=1S/C24H25ClN6O3/c1-15(25)11-31-22-21(19(10-26)23(31)29-8-4-6-17(27)12-29)28-14-30(24(22)33)13-20(32)16-5-3-7-18(9-16)34-2/h3,5,7,9,11,14,17H,4,6,8,12-13,27H2,1-2H3/b15-11-/t17-/m0/s1. The van der Waals surface area contributed by atoms with Crippen LogP contribution in [0.1, 0.15) is 35.7 Å². The zero-order valence-corrected chi connectivity index (χ0v) is 19.7. The van der Waals surface area contributed by atoms with E-state index in [9.17, 15) is 14.9 Å². The molecular weight excluding hydrogens is 456 g/mol. The van der Waals surface area contributed by atoms with Gasteiger partial charge in [0.15, 0.2) is 5.78 Å². The maximum atomic E-state index is 13.5. The molecule has 3 heterocycles. The van der Waals surface area contributed by atoms with Crippen molar-refractivity contribution in [3.05, 3.63) is 57.1 Å². The van der Waals surface area contributed by atoms with Crippen LogP contribution in [0.15, 0.2) is 40.4 Å². The molecule has 2 aromatic heterocycles. The first-order valence-electron chi connectivity index (χ1n) is 10.9. The van der Waals surface area contributed by atoms with E-state index in [-0.39, 0.29) is 35.0 Å². The molecule has 1 atom stereocenters. The quantitative estimate of drug-likeness (QED) is 0.538. The topological polar surface area (TPSA) is 119 Å². The molecule has 1 aliphatic rings. The minimum Gasteiger partial charge on any atom is -0.497 e. The molecule has 1 fully saturated rings. The summed E-state index contributed by atoms with van der Waals surface area (Å²) in [6.45, 7) is 2.71. The van der Waals surface area contributed by atoms with Crippen LogP contribution in [-0.2, 0) is 6.54 Å². The number of methoxy groups -OCH3 is 1. The highest BCUT2D eigenvalue weighted by molar-refractivity contribution is 6.30. The summed E-state index contributed by atoms with van der Waals surface area (Å²) >= 11 is 6.21. The highest BCUT2D eigenvalue weighted by Crippen LogP contribution is 2.32. The molecule has 0 unspecified atom stereocenters. The summed E-state index contributed by atoms with van der Waals surface area (Å²) < 4.78 is 8.03. The van der Waals surface area contributed by atoms with E-state index in [0.29, 0.717) is 35.3 Å². The van der Waals surface area contributed by atoms with Gasteiger partial charge < -0.3 is 15.4 Å². The molecule has 0 spiro atoms. The van der Waals surface area contributed by atoms with E-state index >= 15 is 0 Å². The van der Waals surface area contributed by atoms with Crippen molar-refractivity contribution >= 4 is 40.4 Å². The molecule has 1 aromatic carbocycles. The molecule has 176 valence electrons. The third kappa shape index (κ3) is 4.42. The average Bonchev–Trinajstić information content (AvgIpc) is 3.14. The van der Waals surface area contributed by atoms with Gasteiger partial charge in [-0.05, 0) is 31.9 Å². The molecule has 0 aliphatic carbocycles. The van der Waals surface area contributed by atoms with Crippen LogP contribution in [-0.4, -0.2) is 46.1 Å². The number of rotatable bonds is 6. The van der Waals surface area contributed by atoms with Crippen molar-refractivity contribution in [1.29, 1.82) is 5.26 Å². The Labute approximate surface area is 201 Å². The Morgan fingerprint density at radius 1 is 1.44 bits per heavy atom. The third-order valence-electron chi connectivity index (χ3n) is 5.83. The molecule has 0 saturated carbocycles. The van der Waals surface area contributed by atoms with Crippen LogP contribution in [0.4, 0.5) is 5.82 Å². The Morgan fingerprint density at radius 3 is 2.91 bits per heavy atom. The van der Waals surface area contributed by atoms with E-state index < -0.39 is 5.56 Å². The number of fused-ring (bicyclic) bond motifs is 1. The second-order valence-corrected chi connectivity index (χ2v) is 8.87. The maximum Gasteiger partial charge on any atom is 0.278 e. The summed E-state index contributed by atoms with van der Waals surface area (Å²) in [5.74, 6) is 0.813. The number of allylic oxidation sites excluding steroid dienone is 1. The largest absolute Gasteiger partial charge is 0.497 e.